The molecular weight excluding hydrogens is 222 g/mol. The Hall–Kier alpha value is -0.120. The van der Waals surface area contributed by atoms with E-state index in [9.17, 15) is 0 Å². The van der Waals surface area contributed by atoms with Crippen molar-refractivity contribution in [1.82, 2.24) is 15.5 Å². The Bertz CT molecular complexity index is 196. The number of nitrogens with one attached hydrogen (secondary N) is 2. The zero-order valence-corrected chi connectivity index (χ0v) is 11.9. The molecular formula is C15H31N3. The molecule has 0 amide bonds. The van der Waals surface area contributed by atoms with Crippen LogP contribution in [0.1, 0.15) is 44.9 Å². The van der Waals surface area contributed by atoms with Crippen LogP contribution in [0.25, 0.3) is 0 Å². The molecule has 0 atom stereocenters. The summed E-state index contributed by atoms with van der Waals surface area (Å²) in [4.78, 5) is 2.59. The minimum Gasteiger partial charge on any atom is -0.317 e. The Morgan fingerprint density at radius 1 is 1.00 bits per heavy atom. The van der Waals surface area contributed by atoms with E-state index in [1.807, 2.05) is 0 Å². The molecule has 1 aliphatic carbocycles. The summed E-state index contributed by atoms with van der Waals surface area (Å²) >= 11 is 0. The van der Waals surface area contributed by atoms with Gasteiger partial charge in [0.15, 0.2) is 0 Å². The first-order chi connectivity index (χ1) is 8.95. The molecule has 1 saturated heterocycles. The van der Waals surface area contributed by atoms with Gasteiger partial charge in [0.2, 0.25) is 0 Å². The Morgan fingerprint density at radius 2 is 1.78 bits per heavy atom. The Balaban J connectivity index is 1.35. The number of piperazine rings is 1. The van der Waals surface area contributed by atoms with Gasteiger partial charge >= 0.3 is 0 Å². The summed E-state index contributed by atoms with van der Waals surface area (Å²) in [5.74, 6) is 1.04. The average Bonchev–Trinajstić information content (AvgIpc) is 2.92. The molecule has 1 saturated carbocycles. The monoisotopic (exact) mass is 253 g/mol. The van der Waals surface area contributed by atoms with Gasteiger partial charge in [0.25, 0.3) is 0 Å². The van der Waals surface area contributed by atoms with Crippen LogP contribution in [0.4, 0.5) is 0 Å². The first-order valence-electron chi connectivity index (χ1n) is 8.09. The van der Waals surface area contributed by atoms with Gasteiger partial charge in [0, 0.05) is 26.2 Å². The molecule has 0 bridgehead atoms. The van der Waals surface area contributed by atoms with Crippen LogP contribution in [0.2, 0.25) is 0 Å². The molecule has 0 spiro atoms. The van der Waals surface area contributed by atoms with E-state index in [1.165, 1.54) is 90.8 Å². The minimum absolute atomic E-state index is 1.04. The molecule has 2 fully saturated rings. The molecule has 0 aromatic carbocycles. The highest BCUT2D eigenvalue weighted by molar-refractivity contribution is 4.69. The molecule has 106 valence electrons. The topological polar surface area (TPSA) is 27.3 Å². The summed E-state index contributed by atoms with van der Waals surface area (Å²) in [6.07, 6.45) is 10.1. The van der Waals surface area contributed by atoms with Crippen LogP contribution in [0.5, 0.6) is 0 Å². The lowest BCUT2D eigenvalue weighted by Crippen LogP contribution is -2.43. The van der Waals surface area contributed by atoms with Crippen LogP contribution in [0.3, 0.4) is 0 Å². The normalized spacial score (nSPS) is 22.7. The summed E-state index contributed by atoms with van der Waals surface area (Å²) in [5.41, 5.74) is 0. The smallest absolute Gasteiger partial charge is 0.0107 e. The fraction of sp³-hybridized carbons (Fsp3) is 1.00. The quantitative estimate of drug-likeness (QED) is 0.646. The average molecular weight is 253 g/mol. The highest BCUT2D eigenvalue weighted by Gasteiger charge is 2.13. The van der Waals surface area contributed by atoms with Gasteiger partial charge in [-0.05, 0) is 44.8 Å². The summed E-state index contributed by atoms with van der Waals surface area (Å²) in [6.45, 7) is 8.62. The maximum atomic E-state index is 3.62. The summed E-state index contributed by atoms with van der Waals surface area (Å²) in [7, 11) is 0. The van der Waals surface area contributed by atoms with Crippen molar-refractivity contribution in [2.75, 3.05) is 45.8 Å². The van der Waals surface area contributed by atoms with Gasteiger partial charge in [-0.25, -0.2) is 0 Å². The zero-order valence-electron chi connectivity index (χ0n) is 11.9. The number of rotatable bonds is 8. The van der Waals surface area contributed by atoms with Crippen LogP contribution in [-0.4, -0.2) is 50.7 Å². The van der Waals surface area contributed by atoms with Crippen LogP contribution in [0, 0.1) is 5.92 Å². The fourth-order valence-corrected chi connectivity index (χ4v) is 3.25. The van der Waals surface area contributed by atoms with Gasteiger partial charge in [0.05, 0.1) is 0 Å². The minimum atomic E-state index is 1.04. The van der Waals surface area contributed by atoms with Crippen molar-refractivity contribution in [1.29, 1.82) is 0 Å². The van der Waals surface area contributed by atoms with Crippen LogP contribution in [0.15, 0.2) is 0 Å². The lowest BCUT2D eigenvalue weighted by molar-refractivity contribution is 0.236. The van der Waals surface area contributed by atoms with Crippen molar-refractivity contribution in [3.05, 3.63) is 0 Å². The van der Waals surface area contributed by atoms with E-state index in [2.05, 4.69) is 15.5 Å². The predicted molar refractivity (Wildman–Crippen MR) is 78.0 cm³/mol. The van der Waals surface area contributed by atoms with Gasteiger partial charge in [-0.1, -0.05) is 25.7 Å². The van der Waals surface area contributed by atoms with Crippen LogP contribution >= 0.6 is 0 Å². The first kappa shape index (κ1) is 14.3. The maximum absolute atomic E-state index is 3.62. The van der Waals surface area contributed by atoms with E-state index < -0.39 is 0 Å². The summed E-state index contributed by atoms with van der Waals surface area (Å²) < 4.78 is 0. The lowest BCUT2D eigenvalue weighted by atomic mass is 10.0. The van der Waals surface area contributed by atoms with Crippen molar-refractivity contribution >= 4 is 0 Å². The van der Waals surface area contributed by atoms with Gasteiger partial charge in [-0.15, -0.1) is 0 Å². The van der Waals surface area contributed by atoms with Crippen molar-refractivity contribution in [3.8, 4) is 0 Å². The van der Waals surface area contributed by atoms with E-state index in [0.717, 1.165) is 5.92 Å². The molecule has 18 heavy (non-hydrogen) atoms. The van der Waals surface area contributed by atoms with Crippen LogP contribution < -0.4 is 10.6 Å². The molecule has 2 rings (SSSR count). The number of nitrogens with zero attached hydrogens (tertiary/aromatic N) is 1. The largest absolute Gasteiger partial charge is 0.317 e. The SMILES string of the molecule is C(CCN1CCNCC1)CNCCC1CCCC1. The molecule has 0 aromatic heterocycles. The predicted octanol–water partition coefficient (Wildman–Crippen LogP) is 1.84. The van der Waals surface area contributed by atoms with Crippen LogP contribution in [-0.2, 0) is 0 Å². The molecule has 3 nitrogen and oxygen atoms in total. The number of hydrogen-bond acceptors (Lipinski definition) is 3. The summed E-state index contributed by atoms with van der Waals surface area (Å²) in [5, 5.41) is 7.02. The van der Waals surface area contributed by atoms with E-state index in [-0.39, 0.29) is 0 Å². The highest BCUT2D eigenvalue weighted by Crippen LogP contribution is 2.26. The molecule has 2 N–H and O–H groups in total. The highest BCUT2D eigenvalue weighted by atomic mass is 15.2. The lowest BCUT2D eigenvalue weighted by Gasteiger charge is -2.27. The molecule has 0 aromatic rings. The van der Waals surface area contributed by atoms with E-state index in [0.29, 0.717) is 0 Å². The molecule has 1 heterocycles. The van der Waals surface area contributed by atoms with E-state index in [4.69, 9.17) is 0 Å². The van der Waals surface area contributed by atoms with Crippen molar-refractivity contribution in [2.24, 2.45) is 5.92 Å². The Kier molecular flexibility index (Phi) is 7.06. The van der Waals surface area contributed by atoms with Crippen molar-refractivity contribution < 1.29 is 0 Å². The number of hydrogen-bond donors (Lipinski definition) is 2. The molecule has 2 aliphatic rings. The second-order valence-electron chi connectivity index (χ2n) is 5.99. The van der Waals surface area contributed by atoms with Crippen molar-refractivity contribution in [3.63, 3.8) is 0 Å². The van der Waals surface area contributed by atoms with Gasteiger partial charge in [-0.2, -0.15) is 0 Å². The number of unbranched alkanes of at least 4 members (excludes halogenated alkanes) is 1. The van der Waals surface area contributed by atoms with E-state index in [1.54, 1.807) is 0 Å². The second-order valence-corrected chi connectivity index (χ2v) is 5.99. The van der Waals surface area contributed by atoms with Crippen molar-refractivity contribution in [2.45, 2.75) is 44.9 Å². The molecule has 0 unspecified atom stereocenters. The molecule has 0 radical (unpaired) electrons. The fourth-order valence-electron chi connectivity index (χ4n) is 3.25. The Labute approximate surface area is 113 Å². The molecule has 3 heteroatoms. The zero-order chi connectivity index (χ0) is 12.5. The maximum Gasteiger partial charge on any atom is 0.0107 e. The van der Waals surface area contributed by atoms with Gasteiger partial charge < -0.3 is 15.5 Å². The van der Waals surface area contributed by atoms with E-state index >= 15 is 0 Å². The first-order valence-corrected chi connectivity index (χ1v) is 8.09. The Morgan fingerprint density at radius 3 is 2.56 bits per heavy atom. The standard InChI is InChI=1S/C15H31N3/c1-2-6-15(5-1)7-9-16-8-3-4-12-18-13-10-17-11-14-18/h15-17H,1-14H2. The third-order valence-electron chi connectivity index (χ3n) is 4.49. The second kappa shape index (κ2) is 8.89. The third kappa shape index (κ3) is 5.68. The molecule has 1 aliphatic heterocycles. The van der Waals surface area contributed by atoms with Gasteiger partial charge in [0.1, 0.15) is 0 Å². The third-order valence-corrected chi connectivity index (χ3v) is 4.49. The van der Waals surface area contributed by atoms with Gasteiger partial charge in [-0.3, -0.25) is 0 Å². The summed E-state index contributed by atoms with van der Waals surface area (Å²) in [6, 6.07) is 0.